The molecule has 5 heteroatoms. The highest BCUT2D eigenvalue weighted by molar-refractivity contribution is 6.31. The summed E-state index contributed by atoms with van der Waals surface area (Å²) in [4.78, 5) is 13.8. The van der Waals surface area contributed by atoms with E-state index in [1.165, 1.54) is 6.07 Å². The summed E-state index contributed by atoms with van der Waals surface area (Å²) < 4.78 is 19.1. The highest BCUT2D eigenvalue weighted by atomic mass is 35.5. The highest BCUT2D eigenvalue weighted by Crippen LogP contribution is 2.32. The van der Waals surface area contributed by atoms with E-state index in [9.17, 15) is 9.18 Å². The molecule has 0 bridgehead atoms. The molecule has 1 rings (SSSR count). The standard InChI is InChI=1S/C15H21ClFNO2/c1-4-18(5-2)13(10-14(19)20-6-3)15-11(16)8-7-9-12(15)17/h7-9,13H,4-6,10H2,1-3H3. The van der Waals surface area contributed by atoms with Gasteiger partial charge in [0.15, 0.2) is 0 Å². The molecule has 1 aromatic carbocycles. The molecule has 1 unspecified atom stereocenters. The van der Waals surface area contributed by atoms with E-state index in [0.29, 0.717) is 30.3 Å². The molecule has 0 aliphatic rings. The number of carbonyl (C=O) groups excluding carboxylic acids is 1. The molecule has 20 heavy (non-hydrogen) atoms. The molecule has 0 spiro atoms. The zero-order valence-corrected chi connectivity index (χ0v) is 12.9. The smallest absolute Gasteiger partial charge is 0.307 e. The Morgan fingerprint density at radius 1 is 1.35 bits per heavy atom. The Hall–Kier alpha value is -1.13. The topological polar surface area (TPSA) is 29.5 Å². The summed E-state index contributed by atoms with van der Waals surface area (Å²) in [6.45, 7) is 7.40. The van der Waals surface area contributed by atoms with Gasteiger partial charge in [0.1, 0.15) is 5.82 Å². The summed E-state index contributed by atoms with van der Waals surface area (Å²) >= 11 is 6.12. The Morgan fingerprint density at radius 3 is 2.50 bits per heavy atom. The van der Waals surface area contributed by atoms with Crippen molar-refractivity contribution in [2.45, 2.75) is 33.2 Å². The van der Waals surface area contributed by atoms with Crippen LogP contribution in [0.1, 0.15) is 38.8 Å². The molecule has 0 heterocycles. The van der Waals surface area contributed by atoms with Crippen molar-refractivity contribution in [3.8, 4) is 0 Å². The molecule has 0 N–H and O–H groups in total. The van der Waals surface area contributed by atoms with Gasteiger partial charge in [0.05, 0.1) is 13.0 Å². The van der Waals surface area contributed by atoms with Crippen LogP contribution in [0.4, 0.5) is 4.39 Å². The molecule has 0 aromatic heterocycles. The number of nitrogens with zero attached hydrogens (tertiary/aromatic N) is 1. The van der Waals surface area contributed by atoms with Crippen molar-refractivity contribution in [3.63, 3.8) is 0 Å². The molecule has 0 saturated carbocycles. The van der Waals surface area contributed by atoms with Crippen molar-refractivity contribution in [2.24, 2.45) is 0 Å². The number of rotatable bonds is 7. The lowest BCUT2D eigenvalue weighted by atomic mass is 10.0. The van der Waals surface area contributed by atoms with E-state index in [2.05, 4.69) is 0 Å². The van der Waals surface area contributed by atoms with Gasteiger partial charge in [0.25, 0.3) is 0 Å². The van der Waals surface area contributed by atoms with Crippen molar-refractivity contribution in [1.82, 2.24) is 4.90 Å². The first-order valence-corrected chi connectivity index (χ1v) is 7.26. The molecule has 112 valence electrons. The minimum Gasteiger partial charge on any atom is -0.466 e. The second kappa shape index (κ2) is 8.22. The number of benzene rings is 1. The highest BCUT2D eigenvalue weighted by Gasteiger charge is 2.26. The second-order valence-corrected chi connectivity index (χ2v) is 4.79. The van der Waals surface area contributed by atoms with Crippen LogP contribution >= 0.6 is 11.6 Å². The van der Waals surface area contributed by atoms with Crippen LogP contribution in [-0.4, -0.2) is 30.6 Å². The molecule has 1 atom stereocenters. The molecule has 1 aromatic rings. The summed E-state index contributed by atoms with van der Waals surface area (Å²) in [5.74, 6) is -0.734. The van der Waals surface area contributed by atoms with Gasteiger partial charge in [-0.15, -0.1) is 0 Å². The number of hydrogen-bond donors (Lipinski definition) is 0. The van der Waals surface area contributed by atoms with Gasteiger partial charge in [-0.3, -0.25) is 9.69 Å². The second-order valence-electron chi connectivity index (χ2n) is 4.38. The zero-order valence-electron chi connectivity index (χ0n) is 12.2. The third-order valence-electron chi connectivity index (χ3n) is 3.25. The van der Waals surface area contributed by atoms with E-state index in [1.54, 1.807) is 19.1 Å². The van der Waals surface area contributed by atoms with Crippen molar-refractivity contribution in [2.75, 3.05) is 19.7 Å². The lowest BCUT2D eigenvalue weighted by Crippen LogP contribution is -2.31. The van der Waals surface area contributed by atoms with Gasteiger partial charge >= 0.3 is 5.97 Å². The van der Waals surface area contributed by atoms with Gasteiger partial charge in [-0.25, -0.2) is 4.39 Å². The van der Waals surface area contributed by atoms with Crippen LogP contribution in [0.15, 0.2) is 18.2 Å². The van der Waals surface area contributed by atoms with E-state index >= 15 is 0 Å². The fourth-order valence-electron chi connectivity index (χ4n) is 2.28. The first kappa shape index (κ1) is 16.9. The molecule has 0 radical (unpaired) electrons. The minimum absolute atomic E-state index is 0.0934. The fraction of sp³-hybridized carbons (Fsp3) is 0.533. The molecular weight excluding hydrogens is 281 g/mol. The van der Waals surface area contributed by atoms with Crippen LogP contribution in [0.3, 0.4) is 0 Å². The average Bonchev–Trinajstić information content (AvgIpc) is 2.39. The number of esters is 1. The fourth-order valence-corrected chi connectivity index (χ4v) is 2.57. The number of ether oxygens (including phenoxy) is 1. The Balaban J connectivity index is 3.12. The molecule has 3 nitrogen and oxygen atoms in total. The Bertz CT molecular complexity index is 429. The first-order chi connectivity index (χ1) is 9.54. The van der Waals surface area contributed by atoms with E-state index in [4.69, 9.17) is 16.3 Å². The summed E-state index contributed by atoms with van der Waals surface area (Å²) in [6.07, 6.45) is 0.0934. The van der Waals surface area contributed by atoms with Crippen LogP contribution in [0.2, 0.25) is 5.02 Å². The Morgan fingerprint density at radius 2 is 2.00 bits per heavy atom. The van der Waals surface area contributed by atoms with E-state index in [1.807, 2.05) is 18.7 Å². The Labute approximate surface area is 124 Å². The summed E-state index contributed by atoms with van der Waals surface area (Å²) in [6, 6.07) is 4.16. The van der Waals surface area contributed by atoms with E-state index < -0.39 is 11.9 Å². The summed E-state index contributed by atoms with van der Waals surface area (Å²) in [5, 5.41) is 0.339. The van der Waals surface area contributed by atoms with E-state index in [-0.39, 0.29) is 12.4 Å². The summed E-state index contributed by atoms with van der Waals surface area (Å²) in [7, 11) is 0. The molecule has 0 saturated heterocycles. The largest absolute Gasteiger partial charge is 0.466 e. The first-order valence-electron chi connectivity index (χ1n) is 6.88. The van der Waals surface area contributed by atoms with Crippen LogP contribution in [0, 0.1) is 5.82 Å². The molecule has 0 aliphatic heterocycles. The van der Waals surface area contributed by atoms with Gasteiger partial charge < -0.3 is 4.74 Å². The molecule has 0 aliphatic carbocycles. The maximum absolute atomic E-state index is 14.1. The van der Waals surface area contributed by atoms with Gasteiger partial charge in [0.2, 0.25) is 0 Å². The van der Waals surface area contributed by atoms with Crippen LogP contribution in [0.25, 0.3) is 0 Å². The quantitative estimate of drug-likeness (QED) is 0.717. The Kier molecular flexibility index (Phi) is 6.96. The lowest BCUT2D eigenvalue weighted by molar-refractivity contribution is -0.144. The van der Waals surface area contributed by atoms with Crippen LogP contribution in [0.5, 0.6) is 0 Å². The monoisotopic (exact) mass is 301 g/mol. The molecular formula is C15H21ClFNO2. The van der Waals surface area contributed by atoms with Crippen molar-refractivity contribution < 1.29 is 13.9 Å². The average molecular weight is 302 g/mol. The van der Waals surface area contributed by atoms with Crippen LogP contribution in [-0.2, 0) is 9.53 Å². The third kappa shape index (κ3) is 4.18. The van der Waals surface area contributed by atoms with Gasteiger partial charge in [-0.1, -0.05) is 31.5 Å². The molecule has 0 fully saturated rings. The normalized spacial score (nSPS) is 12.5. The predicted octanol–water partition coefficient (Wildman–Crippen LogP) is 3.82. The minimum atomic E-state index is -0.405. The van der Waals surface area contributed by atoms with Crippen LogP contribution < -0.4 is 0 Å². The maximum atomic E-state index is 14.1. The number of hydrogen-bond acceptors (Lipinski definition) is 3. The van der Waals surface area contributed by atoms with Crippen molar-refractivity contribution in [1.29, 1.82) is 0 Å². The van der Waals surface area contributed by atoms with E-state index in [0.717, 1.165) is 0 Å². The number of carbonyl (C=O) groups is 1. The lowest BCUT2D eigenvalue weighted by Gasteiger charge is -2.30. The summed E-state index contributed by atoms with van der Waals surface area (Å²) in [5.41, 5.74) is 0.367. The predicted molar refractivity (Wildman–Crippen MR) is 78.3 cm³/mol. The SMILES string of the molecule is CCOC(=O)CC(c1c(F)cccc1Cl)N(CC)CC. The third-order valence-corrected chi connectivity index (χ3v) is 3.58. The van der Waals surface area contributed by atoms with Gasteiger partial charge in [-0.05, 0) is 32.1 Å². The zero-order chi connectivity index (χ0) is 15.1. The molecule has 0 amide bonds. The van der Waals surface area contributed by atoms with Gasteiger partial charge in [-0.2, -0.15) is 0 Å². The van der Waals surface area contributed by atoms with Gasteiger partial charge in [0, 0.05) is 16.6 Å². The van der Waals surface area contributed by atoms with Crippen molar-refractivity contribution >= 4 is 17.6 Å². The maximum Gasteiger partial charge on any atom is 0.307 e. The van der Waals surface area contributed by atoms with Crippen molar-refractivity contribution in [3.05, 3.63) is 34.6 Å². The number of halogens is 2.